The monoisotopic (exact) mass is 405 g/mol. The molecular formula is C19H22ClN4O4+. The van der Waals surface area contributed by atoms with Crippen LogP contribution in [0.15, 0.2) is 36.4 Å². The second kappa shape index (κ2) is 9.29. The van der Waals surface area contributed by atoms with Crippen LogP contribution in [0.1, 0.15) is 11.1 Å². The average Bonchev–Trinajstić information content (AvgIpc) is 2.59. The normalized spacial score (nSPS) is 11.6. The molecule has 0 saturated carbocycles. The maximum absolute atomic E-state index is 12.3. The van der Waals surface area contributed by atoms with E-state index in [1.807, 2.05) is 6.92 Å². The molecule has 0 saturated heterocycles. The van der Waals surface area contributed by atoms with Gasteiger partial charge < -0.3 is 15.5 Å². The van der Waals surface area contributed by atoms with Crippen LogP contribution in [0.5, 0.6) is 0 Å². The number of carbonyl (C=O) groups excluding carboxylic acids is 2. The first kappa shape index (κ1) is 21.3. The molecule has 0 bridgehead atoms. The first-order valence-electron chi connectivity index (χ1n) is 8.58. The van der Waals surface area contributed by atoms with Crippen LogP contribution in [0.3, 0.4) is 0 Å². The van der Waals surface area contributed by atoms with Gasteiger partial charge in [-0.2, -0.15) is 0 Å². The molecule has 2 rings (SSSR count). The van der Waals surface area contributed by atoms with Gasteiger partial charge in [0, 0.05) is 16.8 Å². The molecule has 0 aliphatic heterocycles. The highest BCUT2D eigenvalue weighted by Gasteiger charge is 2.20. The number of likely N-dealkylation sites (N-methyl/N-ethyl adjacent to an activating group) is 1. The number of nitro groups is 1. The summed E-state index contributed by atoms with van der Waals surface area (Å²) in [6, 6.07) is 9.70. The smallest absolute Gasteiger partial charge is 0.293 e. The fourth-order valence-electron chi connectivity index (χ4n) is 2.60. The summed E-state index contributed by atoms with van der Waals surface area (Å²) in [6.07, 6.45) is 0. The first-order valence-corrected chi connectivity index (χ1v) is 8.95. The molecule has 0 radical (unpaired) electrons. The van der Waals surface area contributed by atoms with Gasteiger partial charge in [-0.15, -0.1) is 0 Å². The summed E-state index contributed by atoms with van der Waals surface area (Å²) in [7, 11) is 1.69. The lowest BCUT2D eigenvalue weighted by atomic mass is 10.1. The Morgan fingerprint density at radius 2 is 1.57 bits per heavy atom. The van der Waals surface area contributed by atoms with Gasteiger partial charge in [-0.25, -0.2) is 0 Å². The molecule has 3 N–H and O–H groups in total. The summed E-state index contributed by atoms with van der Waals surface area (Å²) in [5.74, 6) is -0.673. The largest absolute Gasteiger partial charge is 0.322 e. The van der Waals surface area contributed by atoms with Crippen LogP contribution in [0.2, 0.25) is 5.02 Å². The van der Waals surface area contributed by atoms with E-state index in [-0.39, 0.29) is 30.4 Å². The topological polar surface area (TPSA) is 106 Å². The molecule has 28 heavy (non-hydrogen) atoms. The number of carbonyl (C=O) groups is 2. The number of benzene rings is 2. The third-order valence-corrected chi connectivity index (χ3v) is 4.39. The van der Waals surface area contributed by atoms with Crippen LogP contribution < -0.4 is 15.5 Å². The van der Waals surface area contributed by atoms with Crippen molar-refractivity contribution in [1.82, 2.24) is 0 Å². The van der Waals surface area contributed by atoms with Crippen molar-refractivity contribution in [2.75, 3.05) is 30.8 Å². The van der Waals surface area contributed by atoms with Crippen LogP contribution in [-0.2, 0) is 9.59 Å². The molecule has 148 valence electrons. The van der Waals surface area contributed by atoms with E-state index in [4.69, 9.17) is 11.6 Å². The number of quaternary nitrogens is 1. The molecule has 0 aliphatic carbocycles. The van der Waals surface area contributed by atoms with Gasteiger partial charge in [0.1, 0.15) is 5.69 Å². The molecule has 8 nitrogen and oxygen atoms in total. The molecule has 2 amide bonds. The van der Waals surface area contributed by atoms with Crippen molar-refractivity contribution in [3.05, 3.63) is 62.7 Å². The fraction of sp³-hybridized carbons (Fsp3) is 0.263. The minimum atomic E-state index is -0.530. The molecule has 2 aromatic carbocycles. The van der Waals surface area contributed by atoms with E-state index in [1.54, 1.807) is 44.3 Å². The molecular weight excluding hydrogens is 384 g/mol. The Balaban J connectivity index is 1.93. The van der Waals surface area contributed by atoms with Gasteiger partial charge in [0.25, 0.3) is 17.5 Å². The predicted octanol–water partition coefficient (Wildman–Crippen LogP) is 1.96. The molecule has 0 aromatic heterocycles. The summed E-state index contributed by atoms with van der Waals surface area (Å²) in [5, 5.41) is 17.1. The second-order valence-corrected chi connectivity index (χ2v) is 7.06. The Morgan fingerprint density at radius 1 is 1.04 bits per heavy atom. The van der Waals surface area contributed by atoms with E-state index >= 15 is 0 Å². The lowest BCUT2D eigenvalue weighted by Crippen LogP contribution is -3.11. The number of amides is 2. The van der Waals surface area contributed by atoms with Crippen LogP contribution in [0.25, 0.3) is 0 Å². The van der Waals surface area contributed by atoms with Gasteiger partial charge in [-0.3, -0.25) is 19.7 Å². The predicted molar refractivity (Wildman–Crippen MR) is 108 cm³/mol. The number of nitrogens with one attached hydrogen (secondary N) is 3. The van der Waals surface area contributed by atoms with Crippen LogP contribution in [0.4, 0.5) is 17.1 Å². The number of nitro benzene ring substituents is 1. The number of rotatable bonds is 7. The second-order valence-electron chi connectivity index (χ2n) is 6.62. The van der Waals surface area contributed by atoms with Crippen LogP contribution in [0, 0.1) is 24.0 Å². The van der Waals surface area contributed by atoms with Crippen molar-refractivity contribution in [3.8, 4) is 0 Å². The van der Waals surface area contributed by atoms with Gasteiger partial charge in [0.05, 0.1) is 12.0 Å². The highest BCUT2D eigenvalue weighted by atomic mass is 35.5. The van der Waals surface area contributed by atoms with Gasteiger partial charge in [0.2, 0.25) is 0 Å². The average molecular weight is 406 g/mol. The summed E-state index contributed by atoms with van der Waals surface area (Å²) in [5.41, 5.74) is 2.21. The van der Waals surface area contributed by atoms with Gasteiger partial charge in [-0.1, -0.05) is 11.6 Å². The van der Waals surface area contributed by atoms with Crippen molar-refractivity contribution in [2.24, 2.45) is 0 Å². The van der Waals surface area contributed by atoms with Gasteiger partial charge >= 0.3 is 0 Å². The summed E-state index contributed by atoms with van der Waals surface area (Å²) in [4.78, 5) is 35.7. The highest BCUT2D eigenvalue weighted by molar-refractivity contribution is 6.30. The van der Waals surface area contributed by atoms with Crippen molar-refractivity contribution in [1.29, 1.82) is 0 Å². The molecule has 0 fully saturated rings. The zero-order valence-electron chi connectivity index (χ0n) is 15.8. The molecule has 0 spiro atoms. The Labute approximate surface area is 167 Å². The Morgan fingerprint density at radius 3 is 2.14 bits per heavy atom. The Bertz CT molecular complexity index is 900. The quantitative estimate of drug-likeness (QED) is 0.483. The van der Waals surface area contributed by atoms with Gasteiger partial charge in [0.15, 0.2) is 13.1 Å². The summed E-state index contributed by atoms with van der Waals surface area (Å²) in [6.45, 7) is 3.63. The number of nitrogens with zero attached hydrogens (tertiary/aromatic N) is 1. The van der Waals surface area contributed by atoms with E-state index in [0.29, 0.717) is 15.6 Å². The Kier molecular flexibility index (Phi) is 7.08. The lowest BCUT2D eigenvalue weighted by Gasteiger charge is -2.14. The standard InChI is InChI=1S/C19H21ClN4O4/c1-12-8-16(17(24(27)28)9-13(12)2)22-19(26)11-23(3)10-18(25)21-15-6-4-14(20)5-7-15/h4-9H,10-11H2,1-3H3,(H,21,25)(H,22,26)/p+1. The molecule has 0 aliphatic rings. The van der Waals surface area contributed by atoms with Crippen molar-refractivity contribution < 1.29 is 19.4 Å². The van der Waals surface area contributed by atoms with Crippen molar-refractivity contribution >= 4 is 40.5 Å². The third kappa shape index (κ3) is 6.04. The van der Waals surface area contributed by atoms with E-state index < -0.39 is 10.8 Å². The van der Waals surface area contributed by atoms with Crippen molar-refractivity contribution in [3.63, 3.8) is 0 Å². The van der Waals surface area contributed by atoms with E-state index in [9.17, 15) is 19.7 Å². The number of hydrogen-bond acceptors (Lipinski definition) is 4. The van der Waals surface area contributed by atoms with Crippen LogP contribution >= 0.6 is 11.6 Å². The first-order chi connectivity index (χ1) is 13.2. The lowest BCUT2D eigenvalue weighted by molar-refractivity contribution is -0.862. The zero-order chi connectivity index (χ0) is 20.8. The zero-order valence-corrected chi connectivity index (χ0v) is 16.6. The SMILES string of the molecule is Cc1cc(NC(=O)C[NH+](C)CC(=O)Nc2ccc(Cl)cc2)c([N+](=O)[O-])cc1C. The van der Waals surface area contributed by atoms with E-state index in [0.717, 1.165) is 11.1 Å². The Hall–Kier alpha value is -2.97. The van der Waals surface area contributed by atoms with Gasteiger partial charge in [-0.05, 0) is 55.3 Å². The molecule has 1 atom stereocenters. The number of anilines is 2. The minimum Gasteiger partial charge on any atom is -0.322 e. The third-order valence-electron chi connectivity index (χ3n) is 4.14. The van der Waals surface area contributed by atoms with E-state index in [1.165, 1.54) is 6.07 Å². The van der Waals surface area contributed by atoms with E-state index in [2.05, 4.69) is 10.6 Å². The number of aryl methyl sites for hydroxylation is 2. The maximum atomic E-state index is 12.3. The molecule has 2 aromatic rings. The van der Waals surface area contributed by atoms with Crippen LogP contribution in [-0.4, -0.2) is 36.9 Å². The molecule has 0 heterocycles. The maximum Gasteiger partial charge on any atom is 0.293 e. The highest BCUT2D eigenvalue weighted by Crippen LogP contribution is 2.27. The van der Waals surface area contributed by atoms with Crippen molar-refractivity contribution in [2.45, 2.75) is 13.8 Å². The minimum absolute atomic E-state index is 0.0158. The number of hydrogen-bond donors (Lipinski definition) is 3. The number of halogens is 1. The molecule has 1 unspecified atom stereocenters. The summed E-state index contributed by atoms with van der Waals surface area (Å²) < 4.78 is 0. The fourth-order valence-corrected chi connectivity index (χ4v) is 2.72. The molecule has 9 heteroatoms. The summed E-state index contributed by atoms with van der Waals surface area (Å²) >= 11 is 5.80.